The quantitative estimate of drug-likeness (QED) is 0.874. The average Bonchev–Trinajstić information content (AvgIpc) is 2.48. The third kappa shape index (κ3) is 3.67. The third-order valence-electron chi connectivity index (χ3n) is 3.20. The molecule has 2 amide bonds. The maximum atomic E-state index is 12.5. The van der Waals surface area contributed by atoms with Crippen LogP contribution in [0.5, 0.6) is 0 Å². The summed E-state index contributed by atoms with van der Waals surface area (Å²) in [5.41, 5.74) is 6.99. The second-order valence-corrected chi connectivity index (χ2v) is 5.08. The van der Waals surface area contributed by atoms with E-state index >= 15 is 0 Å². The number of nitrogens with zero attached hydrogens (tertiary/aromatic N) is 2. The first-order chi connectivity index (χ1) is 10.5. The number of anilines is 1. The number of nitrogens with one attached hydrogen (secondary N) is 1. The van der Waals surface area contributed by atoms with Crippen LogP contribution in [-0.2, 0) is 4.79 Å². The Morgan fingerprint density at radius 3 is 2.36 bits per heavy atom. The van der Waals surface area contributed by atoms with Crippen molar-refractivity contribution < 1.29 is 9.59 Å². The molecule has 1 aromatic heterocycles. The lowest BCUT2D eigenvalue weighted by atomic mass is 10.1. The molecule has 22 heavy (non-hydrogen) atoms. The molecule has 0 spiro atoms. The van der Waals surface area contributed by atoms with Crippen LogP contribution in [0.2, 0.25) is 0 Å². The van der Waals surface area contributed by atoms with E-state index in [4.69, 9.17) is 5.73 Å². The number of rotatable bonds is 5. The van der Waals surface area contributed by atoms with E-state index in [1.54, 1.807) is 42.7 Å². The standard InChI is InChI=1S/C16H18N4O2/c1-20(2)14(12-4-3-9-18-10-12)16(22)19-13-7-5-11(6-8-13)15(17)21/h3-10,14H,1-2H3,(H2,17,21)(H,19,22). The molecular weight excluding hydrogens is 280 g/mol. The highest BCUT2D eigenvalue weighted by Crippen LogP contribution is 2.20. The van der Waals surface area contributed by atoms with E-state index in [0.29, 0.717) is 11.3 Å². The Labute approximate surface area is 129 Å². The second-order valence-electron chi connectivity index (χ2n) is 5.08. The van der Waals surface area contributed by atoms with Gasteiger partial charge in [-0.25, -0.2) is 0 Å². The molecule has 0 saturated carbocycles. The average molecular weight is 298 g/mol. The molecule has 1 unspecified atom stereocenters. The van der Waals surface area contributed by atoms with Gasteiger partial charge in [-0.15, -0.1) is 0 Å². The number of amides is 2. The number of nitrogens with two attached hydrogens (primary N) is 1. The molecule has 114 valence electrons. The lowest BCUT2D eigenvalue weighted by molar-refractivity contribution is -0.120. The summed E-state index contributed by atoms with van der Waals surface area (Å²) in [6, 6.07) is 9.64. The van der Waals surface area contributed by atoms with E-state index in [0.717, 1.165) is 5.56 Å². The predicted octanol–water partition coefficient (Wildman–Crippen LogP) is 1.42. The molecule has 2 aromatic rings. The van der Waals surface area contributed by atoms with Gasteiger partial charge < -0.3 is 11.1 Å². The zero-order chi connectivity index (χ0) is 16.1. The van der Waals surface area contributed by atoms with Crippen molar-refractivity contribution in [2.24, 2.45) is 5.73 Å². The highest BCUT2D eigenvalue weighted by atomic mass is 16.2. The van der Waals surface area contributed by atoms with Crippen LogP contribution >= 0.6 is 0 Å². The van der Waals surface area contributed by atoms with Gasteiger partial charge in [-0.1, -0.05) is 6.07 Å². The maximum absolute atomic E-state index is 12.5. The smallest absolute Gasteiger partial charge is 0.248 e. The zero-order valence-corrected chi connectivity index (χ0v) is 12.5. The Morgan fingerprint density at radius 1 is 1.18 bits per heavy atom. The normalized spacial score (nSPS) is 12.0. The van der Waals surface area contributed by atoms with Crippen molar-refractivity contribution in [2.75, 3.05) is 19.4 Å². The van der Waals surface area contributed by atoms with Gasteiger partial charge in [0, 0.05) is 23.6 Å². The molecule has 6 heteroatoms. The number of carbonyl (C=O) groups excluding carboxylic acids is 2. The van der Waals surface area contributed by atoms with Gasteiger partial charge in [-0.3, -0.25) is 19.5 Å². The van der Waals surface area contributed by atoms with Gasteiger partial charge in [-0.05, 0) is 50.0 Å². The van der Waals surface area contributed by atoms with Crippen LogP contribution in [0.15, 0.2) is 48.8 Å². The topological polar surface area (TPSA) is 88.3 Å². The van der Waals surface area contributed by atoms with Crippen molar-refractivity contribution in [1.29, 1.82) is 0 Å². The van der Waals surface area contributed by atoms with Crippen molar-refractivity contribution in [2.45, 2.75) is 6.04 Å². The van der Waals surface area contributed by atoms with Crippen molar-refractivity contribution in [3.63, 3.8) is 0 Å². The van der Waals surface area contributed by atoms with Crippen LogP contribution in [0.25, 0.3) is 0 Å². The first-order valence-corrected chi connectivity index (χ1v) is 6.76. The van der Waals surface area contributed by atoms with Crippen molar-refractivity contribution in [3.05, 3.63) is 59.9 Å². The Kier molecular flexibility index (Phi) is 4.85. The Morgan fingerprint density at radius 2 is 1.86 bits per heavy atom. The summed E-state index contributed by atoms with van der Waals surface area (Å²) < 4.78 is 0. The van der Waals surface area contributed by atoms with Crippen molar-refractivity contribution >= 4 is 17.5 Å². The van der Waals surface area contributed by atoms with Crippen LogP contribution < -0.4 is 11.1 Å². The lowest BCUT2D eigenvalue weighted by Crippen LogP contribution is -2.32. The van der Waals surface area contributed by atoms with Crippen LogP contribution in [0.1, 0.15) is 22.0 Å². The molecule has 6 nitrogen and oxygen atoms in total. The Bertz CT molecular complexity index is 654. The molecule has 0 aliphatic heterocycles. The number of pyridine rings is 1. The third-order valence-corrected chi connectivity index (χ3v) is 3.20. The minimum Gasteiger partial charge on any atom is -0.366 e. The molecule has 3 N–H and O–H groups in total. The van der Waals surface area contributed by atoms with E-state index in [-0.39, 0.29) is 5.91 Å². The summed E-state index contributed by atoms with van der Waals surface area (Å²) in [6.07, 6.45) is 3.33. The fourth-order valence-electron chi connectivity index (χ4n) is 2.15. The van der Waals surface area contributed by atoms with Crippen molar-refractivity contribution in [1.82, 2.24) is 9.88 Å². The SMILES string of the molecule is CN(C)C(C(=O)Nc1ccc(C(N)=O)cc1)c1cccnc1. The molecule has 2 rings (SSSR count). The van der Waals surface area contributed by atoms with Gasteiger partial charge in [0.2, 0.25) is 11.8 Å². The van der Waals surface area contributed by atoms with Crippen LogP contribution in [0.4, 0.5) is 5.69 Å². The van der Waals surface area contributed by atoms with Gasteiger partial charge in [0.15, 0.2) is 0 Å². The first-order valence-electron chi connectivity index (χ1n) is 6.76. The molecule has 1 atom stereocenters. The van der Waals surface area contributed by atoms with Gasteiger partial charge in [-0.2, -0.15) is 0 Å². The molecule has 0 bridgehead atoms. The molecule has 1 heterocycles. The highest BCUT2D eigenvalue weighted by Gasteiger charge is 2.23. The number of benzene rings is 1. The lowest BCUT2D eigenvalue weighted by Gasteiger charge is -2.23. The zero-order valence-electron chi connectivity index (χ0n) is 12.5. The Hall–Kier alpha value is -2.73. The summed E-state index contributed by atoms with van der Waals surface area (Å²) in [5, 5.41) is 2.83. The second kappa shape index (κ2) is 6.82. The maximum Gasteiger partial charge on any atom is 0.248 e. The summed E-state index contributed by atoms with van der Waals surface area (Å²) in [4.78, 5) is 29.4. The molecule has 0 saturated heterocycles. The van der Waals surface area contributed by atoms with E-state index in [1.165, 1.54) is 0 Å². The van der Waals surface area contributed by atoms with Crippen LogP contribution in [0, 0.1) is 0 Å². The van der Waals surface area contributed by atoms with Gasteiger partial charge in [0.1, 0.15) is 6.04 Å². The molecule has 0 radical (unpaired) electrons. The number of hydrogen-bond donors (Lipinski definition) is 2. The fourth-order valence-corrected chi connectivity index (χ4v) is 2.15. The predicted molar refractivity (Wildman–Crippen MR) is 84.3 cm³/mol. The monoisotopic (exact) mass is 298 g/mol. The number of carbonyl (C=O) groups is 2. The highest BCUT2D eigenvalue weighted by molar-refractivity contribution is 5.97. The number of hydrogen-bond acceptors (Lipinski definition) is 4. The molecular formula is C16H18N4O2. The van der Waals surface area contributed by atoms with Crippen molar-refractivity contribution in [3.8, 4) is 0 Å². The summed E-state index contributed by atoms with van der Waals surface area (Å²) in [6.45, 7) is 0. The van der Waals surface area contributed by atoms with Crippen LogP contribution in [-0.4, -0.2) is 35.8 Å². The summed E-state index contributed by atoms with van der Waals surface area (Å²) in [5.74, 6) is -0.677. The number of primary amides is 1. The molecule has 0 aliphatic carbocycles. The minimum atomic E-state index is -0.501. The van der Waals surface area contributed by atoms with E-state index in [1.807, 2.05) is 25.1 Å². The number of aromatic nitrogens is 1. The van der Waals surface area contributed by atoms with E-state index in [2.05, 4.69) is 10.3 Å². The minimum absolute atomic E-state index is 0.176. The summed E-state index contributed by atoms with van der Waals surface area (Å²) in [7, 11) is 3.65. The van der Waals surface area contributed by atoms with Crippen LogP contribution in [0.3, 0.4) is 0 Å². The number of likely N-dealkylation sites (N-methyl/N-ethyl adjacent to an activating group) is 1. The fraction of sp³-hybridized carbons (Fsp3) is 0.188. The summed E-state index contributed by atoms with van der Waals surface area (Å²) >= 11 is 0. The molecule has 1 aromatic carbocycles. The largest absolute Gasteiger partial charge is 0.366 e. The molecule has 0 aliphatic rings. The first kappa shape index (κ1) is 15.7. The van der Waals surface area contributed by atoms with Gasteiger partial charge in [0.05, 0.1) is 0 Å². The Balaban J connectivity index is 2.16. The van der Waals surface area contributed by atoms with E-state index in [9.17, 15) is 9.59 Å². The van der Waals surface area contributed by atoms with Gasteiger partial charge >= 0.3 is 0 Å². The molecule has 0 fully saturated rings. The van der Waals surface area contributed by atoms with Gasteiger partial charge in [0.25, 0.3) is 0 Å². The van der Waals surface area contributed by atoms with E-state index < -0.39 is 11.9 Å².